The number of nitrogens with zero attached hydrogens (tertiary/aromatic N) is 1. The molecule has 0 bridgehead atoms. The average Bonchev–Trinajstić information content (AvgIpc) is 3.37. The van der Waals surface area contributed by atoms with Crippen LogP contribution in [-0.2, 0) is 5.41 Å². The Bertz CT molecular complexity index is 597. The summed E-state index contributed by atoms with van der Waals surface area (Å²) in [6.45, 7) is 2.28. The second kappa shape index (κ2) is 6.23. The Morgan fingerprint density at radius 1 is 1.12 bits per heavy atom. The topological polar surface area (TPSA) is 41.9 Å². The molecule has 0 radical (unpaired) electrons. The maximum Gasteiger partial charge on any atom is 0.161 e. The van der Waals surface area contributed by atoms with Crippen LogP contribution in [0.25, 0.3) is 0 Å². The zero-order valence-electron chi connectivity index (χ0n) is 15.6. The van der Waals surface area contributed by atoms with E-state index >= 15 is 0 Å². The molecule has 1 spiro atoms. The second-order valence-corrected chi connectivity index (χ2v) is 7.73. The smallest absolute Gasteiger partial charge is 0.161 e. The van der Waals surface area contributed by atoms with E-state index in [4.69, 9.17) is 9.47 Å². The fourth-order valence-corrected chi connectivity index (χ4v) is 5.33. The van der Waals surface area contributed by atoms with Gasteiger partial charge in [0, 0.05) is 16.9 Å². The van der Waals surface area contributed by atoms with Gasteiger partial charge < -0.3 is 19.5 Å². The van der Waals surface area contributed by atoms with Gasteiger partial charge in [-0.05, 0) is 63.9 Å². The zero-order valence-corrected chi connectivity index (χ0v) is 15.6. The molecule has 2 aliphatic rings. The van der Waals surface area contributed by atoms with Crippen LogP contribution in [0.5, 0.6) is 11.5 Å². The van der Waals surface area contributed by atoms with Crippen molar-refractivity contribution in [2.24, 2.45) is 5.41 Å². The predicted molar refractivity (Wildman–Crippen MR) is 95.9 cm³/mol. The molecule has 0 amide bonds. The first-order valence-electron chi connectivity index (χ1n) is 9.02. The van der Waals surface area contributed by atoms with Crippen LogP contribution in [0.4, 0.5) is 0 Å². The van der Waals surface area contributed by atoms with Crippen molar-refractivity contribution < 1.29 is 14.6 Å². The molecule has 2 saturated carbocycles. The molecular formula is C20H31NO3. The summed E-state index contributed by atoms with van der Waals surface area (Å²) in [5.41, 5.74) is 1.41. The molecule has 4 nitrogen and oxygen atoms in total. The van der Waals surface area contributed by atoms with Crippen LogP contribution in [0.1, 0.15) is 44.6 Å². The molecule has 2 fully saturated rings. The molecule has 4 heteroatoms. The van der Waals surface area contributed by atoms with Crippen LogP contribution in [0, 0.1) is 5.41 Å². The van der Waals surface area contributed by atoms with Crippen molar-refractivity contribution in [1.82, 2.24) is 4.90 Å². The summed E-state index contributed by atoms with van der Waals surface area (Å²) in [7, 11) is 7.68. The first-order chi connectivity index (χ1) is 11.4. The Morgan fingerprint density at radius 3 is 2.29 bits per heavy atom. The number of methoxy groups -OCH3 is 2. The van der Waals surface area contributed by atoms with E-state index < -0.39 is 0 Å². The van der Waals surface area contributed by atoms with Crippen LogP contribution in [0.2, 0.25) is 0 Å². The third kappa shape index (κ3) is 2.42. The van der Waals surface area contributed by atoms with Crippen LogP contribution in [-0.4, -0.2) is 50.5 Å². The van der Waals surface area contributed by atoms with Crippen molar-refractivity contribution in [2.45, 2.75) is 56.6 Å². The Morgan fingerprint density at radius 2 is 1.79 bits per heavy atom. The van der Waals surface area contributed by atoms with Crippen molar-refractivity contribution >= 4 is 0 Å². The number of aliphatic hydroxyl groups is 1. The molecular weight excluding hydrogens is 302 g/mol. The first kappa shape index (κ1) is 17.6. The van der Waals surface area contributed by atoms with Crippen molar-refractivity contribution in [3.05, 3.63) is 23.8 Å². The molecule has 1 N–H and O–H groups in total. The third-order valence-corrected chi connectivity index (χ3v) is 6.53. The molecule has 3 atom stereocenters. The van der Waals surface area contributed by atoms with E-state index in [1.54, 1.807) is 14.2 Å². The fourth-order valence-electron chi connectivity index (χ4n) is 5.33. The molecule has 0 heterocycles. The van der Waals surface area contributed by atoms with Crippen LogP contribution in [0.3, 0.4) is 0 Å². The standard InChI is InChI=1S/C20H31NO3/c1-6-19(14-7-8-15(23-4)16(13-14)24-5)10-9-17(22)20(11-12-20)18(19)21(2)3/h7-8,13,17-18,22H,6,9-12H2,1-5H3/t17?,18-,19-/m1/s1. The molecule has 134 valence electrons. The Kier molecular flexibility index (Phi) is 4.56. The SMILES string of the molecule is CC[C@]1(c2ccc(OC)c(OC)c2)CCC(O)C2(CC2)[C@@H]1N(C)C. The van der Waals surface area contributed by atoms with E-state index in [1.165, 1.54) is 5.56 Å². The largest absolute Gasteiger partial charge is 0.493 e. The van der Waals surface area contributed by atoms with E-state index in [-0.39, 0.29) is 16.9 Å². The molecule has 1 unspecified atom stereocenters. The molecule has 24 heavy (non-hydrogen) atoms. The number of rotatable bonds is 5. The van der Waals surface area contributed by atoms with Crippen molar-refractivity contribution in [1.29, 1.82) is 0 Å². The maximum absolute atomic E-state index is 10.7. The lowest BCUT2D eigenvalue weighted by Gasteiger charge is -2.54. The van der Waals surface area contributed by atoms with Crippen LogP contribution >= 0.6 is 0 Å². The minimum absolute atomic E-state index is 0.0405. The van der Waals surface area contributed by atoms with Gasteiger partial charge in [-0.15, -0.1) is 0 Å². The van der Waals surface area contributed by atoms with Gasteiger partial charge in [-0.25, -0.2) is 0 Å². The summed E-state index contributed by atoms with van der Waals surface area (Å²) >= 11 is 0. The predicted octanol–water partition coefficient (Wildman–Crippen LogP) is 3.22. The second-order valence-electron chi connectivity index (χ2n) is 7.73. The van der Waals surface area contributed by atoms with E-state index in [0.29, 0.717) is 6.04 Å². The summed E-state index contributed by atoms with van der Waals surface area (Å²) in [4.78, 5) is 2.34. The fraction of sp³-hybridized carbons (Fsp3) is 0.700. The van der Waals surface area contributed by atoms with E-state index in [1.807, 2.05) is 6.07 Å². The molecule has 0 aliphatic heterocycles. The van der Waals surface area contributed by atoms with Gasteiger partial charge in [0.1, 0.15) is 0 Å². The minimum atomic E-state index is -0.176. The molecule has 0 saturated heterocycles. The lowest BCUT2D eigenvalue weighted by molar-refractivity contribution is -0.0474. The quantitative estimate of drug-likeness (QED) is 0.898. The lowest BCUT2D eigenvalue weighted by Crippen LogP contribution is -2.59. The van der Waals surface area contributed by atoms with E-state index in [0.717, 1.165) is 43.6 Å². The molecule has 2 aliphatic carbocycles. The number of ether oxygens (including phenoxy) is 2. The van der Waals surface area contributed by atoms with Gasteiger partial charge in [0.2, 0.25) is 0 Å². The highest BCUT2D eigenvalue weighted by Crippen LogP contribution is 2.63. The number of aliphatic hydroxyl groups excluding tert-OH is 1. The normalized spacial score (nSPS) is 31.3. The van der Waals surface area contributed by atoms with Crippen molar-refractivity contribution in [2.75, 3.05) is 28.3 Å². The highest BCUT2D eigenvalue weighted by molar-refractivity contribution is 5.46. The molecule has 3 rings (SSSR count). The summed E-state index contributed by atoms with van der Waals surface area (Å²) in [6, 6.07) is 6.70. The third-order valence-electron chi connectivity index (χ3n) is 6.53. The Balaban J connectivity index is 2.10. The first-order valence-corrected chi connectivity index (χ1v) is 9.02. The van der Waals surface area contributed by atoms with E-state index in [2.05, 4.69) is 38.1 Å². The Labute approximate surface area is 145 Å². The number of hydrogen-bond acceptors (Lipinski definition) is 4. The van der Waals surface area contributed by atoms with E-state index in [9.17, 15) is 5.11 Å². The van der Waals surface area contributed by atoms with Crippen LogP contribution < -0.4 is 9.47 Å². The number of likely N-dealkylation sites (N-methyl/N-ethyl adjacent to an activating group) is 1. The monoisotopic (exact) mass is 333 g/mol. The number of hydrogen-bond donors (Lipinski definition) is 1. The van der Waals surface area contributed by atoms with Gasteiger partial charge in [-0.2, -0.15) is 0 Å². The van der Waals surface area contributed by atoms with Gasteiger partial charge in [0.15, 0.2) is 11.5 Å². The van der Waals surface area contributed by atoms with Gasteiger partial charge in [0.25, 0.3) is 0 Å². The van der Waals surface area contributed by atoms with Gasteiger partial charge in [-0.1, -0.05) is 13.0 Å². The Hall–Kier alpha value is -1.26. The number of benzene rings is 1. The summed E-state index contributed by atoms with van der Waals surface area (Å²) < 4.78 is 11.0. The van der Waals surface area contributed by atoms with Gasteiger partial charge in [0.05, 0.1) is 20.3 Å². The summed E-state index contributed by atoms with van der Waals surface area (Å²) in [6.07, 6.45) is 5.03. The average molecular weight is 333 g/mol. The van der Waals surface area contributed by atoms with Gasteiger partial charge >= 0.3 is 0 Å². The minimum Gasteiger partial charge on any atom is -0.493 e. The molecule has 1 aromatic carbocycles. The zero-order chi connectivity index (χ0) is 17.5. The highest BCUT2D eigenvalue weighted by atomic mass is 16.5. The summed E-state index contributed by atoms with van der Waals surface area (Å²) in [5.74, 6) is 1.56. The maximum atomic E-state index is 10.7. The van der Waals surface area contributed by atoms with Crippen molar-refractivity contribution in [3.63, 3.8) is 0 Å². The molecule has 1 aromatic rings. The van der Waals surface area contributed by atoms with Crippen molar-refractivity contribution in [3.8, 4) is 11.5 Å². The highest BCUT2D eigenvalue weighted by Gasteiger charge is 2.64. The summed E-state index contributed by atoms with van der Waals surface area (Å²) in [5, 5.41) is 10.7. The molecule has 0 aromatic heterocycles. The lowest BCUT2D eigenvalue weighted by atomic mass is 9.58. The van der Waals surface area contributed by atoms with Crippen LogP contribution in [0.15, 0.2) is 18.2 Å². The van der Waals surface area contributed by atoms with Gasteiger partial charge in [-0.3, -0.25) is 0 Å².